The van der Waals surface area contributed by atoms with E-state index in [0.29, 0.717) is 19.4 Å². The van der Waals surface area contributed by atoms with Crippen molar-refractivity contribution in [2.45, 2.75) is 39.2 Å². The molecule has 0 saturated carbocycles. The summed E-state index contributed by atoms with van der Waals surface area (Å²) in [5.41, 5.74) is 4.93. The van der Waals surface area contributed by atoms with E-state index in [4.69, 9.17) is 10.8 Å². The van der Waals surface area contributed by atoms with Crippen molar-refractivity contribution in [1.82, 2.24) is 4.90 Å². The number of carbonyl (C=O) groups is 2. The van der Waals surface area contributed by atoms with Crippen molar-refractivity contribution in [2.75, 3.05) is 13.1 Å². The molecule has 0 spiro atoms. The molecular weight excluding hydrogens is 208 g/mol. The molecule has 1 aliphatic rings. The van der Waals surface area contributed by atoms with Crippen LogP contribution in [0.15, 0.2) is 0 Å². The Bertz CT molecular complexity index is 293. The summed E-state index contributed by atoms with van der Waals surface area (Å²) in [6, 6.07) is -0.485. The zero-order valence-corrected chi connectivity index (χ0v) is 9.90. The van der Waals surface area contributed by atoms with Crippen molar-refractivity contribution in [3.63, 3.8) is 0 Å². The monoisotopic (exact) mass is 228 g/mol. The molecule has 0 bridgehead atoms. The summed E-state index contributed by atoms with van der Waals surface area (Å²) in [5, 5.41) is 9.04. The van der Waals surface area contributed by atoms with Gasteiger partial charge in [0.1, 0.15) is 0 Å². The third-order valence-corrected chi connectivity index (χ3v) is 3.22. The van der Waals surface area contributed by atoms with Gasteiger partial charge in [0.2, 0.25) is 5.91 Å². The Kier molecular flexibility index (Phi) is 3.91. The highest BCUT2D eigenvalue weighted by atomic mass is 16.4. The van der Waals surface area contributed by atoms with Gasteiger partial charge in [0.05, 0.1) is 11.5 Å². The van der Waals surface area contributed by atoms with E-state index in [1.54, 1.807) is 11.8 Å². The molecule has 1 amide bonds. The fraction of sp³-hybridized carbons (Fsp3) is 0.818. The van der Waals surface area contributed by atoms with E-state index in [2.05, 4.69) is 0 Å². The Morgan fingerprint density at radius 1 is 1.56 bits per heavy atom. The molecule has 1 saturated heterocycles. The van der Waals surface area contributed by atoms with Crippen LogP contribution in [0.2, 0.25) is 0 Å². The zero-order chi connectivity index (χ0) is 12.3. The molecule has 1 aliphatic heterocycles. The van der Waals surface area contributed by atoms with E-state index in [1.807, 2.05) is 6.92 Å². The number of amides is 1. The van der Waals surface area contributed by atoms with Gasteiger partial charge >= 0.3 is 5.97 Å². The van der Waals surface area contributed by atoms with Gasteiger partial charge in [-0.15, -0.1) is 0 Å². The van der Waals surface area contributed by atoms with E-state index >= 15 is 0 Å². The maximum atomic E-state index is 11.9. The fourth-order valence-corrected chi connectivity index (χ4v) is 1.99. The first kappa shape index (κ1) is 13.0. The summed E-state index contributed by atoms with van der Waals surface area (Å²) in [7, 11) is 0. The summed E-state index contributed by atoms with van der Waals surface area (Å²) in [6.07, 6.45) is 2.02. The largest absolute Gasteiger partial charge is 0.481 e. The Hall–Kier alpha value is -1.10. The van der Waals surface area contributed by atoms with Gasteiger partial charge in [0.25, 0.3) is 0 Å². The van der Waals surface area contributed by atoms with Crippen LogP contribution in [0, 0.1) is 5.41 Å². The minimum Gasteiger partial charge on any atom is -0.481 e. The van der Waals surface area contributed by atoms with Crippen LogP contribution in [0.3, 0.4) is 0 Å². The van der Waals surface area contributed by atoms with E-state index in [-0.39, 0.29) is 12.5 Å². The number of likely N-dealkylation sites (tertiary alicyclic amines) is 1. The highest BCUT2D eigenvalue weighted by Gasteiger charge is 2.42. The van der Waals surface area contributed by atoms with E-state index in [9.17, 15) is 9.59 Å². The third kappa shape index (κ3) is 2.52. The number of rotatable bonds is 4. The maximum Gasteiger partial charge on any atom is 0.311 e. The van der Waals surface area contributed by atoms with Crippen LogP contribution in [-0.2, 0) is 9.59 Å². The van der Waals surface area contributed by atoms with Crippen molar-refractivity contribution in [3.05, 3.63) is 0 Å². The normalized spacial score (nSPS) is 26.8. The van der Waals surface area contributed by atoms with Gasteiger partial charge in [-0.05, 0) is 19.8 Å². The second-order valence-electron chi connectivity index (χ2n) is 4.77. The first-order valence-corrected chi connectivity index (χ1v) is 5.68. The minimum absolute atomic E-state index is 0.119. The molecule has 2 atom stereocenters. The van der Waals surface area contributed by atoms with Crippen LogP contribution in [0.5, 0.6) is 0 Å². The summed E-state index contributed by atoms with van der Waals surface area (Å²) < 4.78 is 0. The molecular formula is C11H20N2O3. The average molecular weight is 228 g/mol. The zero-order valence-electron chi connectivity index (χ0n) is 9.90. The molecule has 0 aliphatic carbocycles. The minimum atomic E-state index is -0.841. The lowest BCUT2D eigenvalue weighted by Crippen LogP contribution is -2.44. The van der Waals surface area contributed by atoms with E-state index in [1.165, 1.54) is 0 Å². The molecule has 5 nitrogen and oxygen atoms in total. The molecule has 3 N–H and O–H groups in total. The number of nitrogens with zero attached hydrogens (tertiary/aromatic N) is 1. The van der Waals surface area contributed by atoms with Gasteiger partial charge in [-0.3, -0.25) is 9.59 Å². The average Bonchev–Trinajstić information content (AvgIpc) is 2.61. The lowest BCUT2D eigenvalue weighted by Gasteiger charge is -2.22. The first-order valence-electron chi connectivity index (χ1n) is 5.68. The number of carboxylic acid groups (broad SMARTS) is 1. The molecule has 92 valence electrons. The highest BCUT2D eigenvalue weighted by molar-refractivity contribution is 5.84. The number of hydrogen-bond donors (Lipinski definition) is 2. The van der Waals surface area contributed by atoms with Crippen molar-refractivity contribution in [3.8, 4) is 0 Å². The van der Waals surface area contributed by atoms with E-state index < -0.39 is 17.4 Å². The van der Waals surface area contributed by atoms with Crippen molar-refractivity contribution in [1.29, 1.82) is 0 Å². The molecule has 1 fully saturated rings. The molecule has 5 heteroatoms. The summed E-state index contributed by atoms with van der Waals surface area (Å²) in [6.45, 7) is 4.42. The van der Waals surface area contributed by atoms with Gasteiger partial charge in [0, 0.05) is 13.1 Å². The lowest BCUT2D eigenvalue weighted by molar-refractivity contribution is -0.147. The Labute approximate surface area is 95.6 Å². The summed E-state index contributed by atoms with van der Waals surface area (Å²) in [4.78, 5) is 24.4. The van der Waals surface area contributed by atoms with Crippen molar-refractivity contribution < 1.29 is 14.7 Å². The lowest BCUT2D eigenvalue weighted by atomic mass is 9.90. The molecule has 0 radical (unpaired) electrons. The Morgan fingerprint density at radius 2 is 2.19 bits per heavy atom. The number of carboxylic acids is 1. The predicted molar refractivity (Wildman–Crippen MR) is 59.8 cm³/mol. The predicted octanol–water partition coefficient (Wildman–Crippen LogP) is 0.437. The van der Waals surface area contributed by atoms with Gasteiger partial charge < -0.3 is 15.7 Å². The quantitative estimate of drug-likeness (QED) is 0.731. The molecule has 1 heterocycles. The van der Waals surface area contributed by atoms with Crippen molar-refractivity contribution >= 4 is 11.9 Å². The third-order valence-electron chi connectivity index (χ3n) is 3.22. The molecule has 0 aromatic rings. The fourth-order valence-electron chi connectivity index (χ4n) is 1.99. The molecule has 16 heavy (non-hydrogen) atoms. The highest BCUT2D eigenvalue weighted by Crippen LogP contribution is 2.30. The molecule has 0 aromatic heterocycles. The van der Waals surface area contributed by atoms with Crippen LogP contribution in [0.1, 0.15) is 33.1 Å². The van der Waals surface area contributed by atoms with Crippen LogP contribution >= 0.6 is 0 Å². The van der Waals surface area contributed by atoms with Gasteiger partial charge in [-0.25, -0.2) is 0 Å². The number of aliphatic carboxylic acids is 1. The molecule has 1 unspecified atom stereocenters. The van der Waals surface area contributed by atoms with Crippen LogP contribution in [-0.4, -0.2) is 41.0 Å². The first-order chi connectivity index (χ1) is 7.40. The number of carbonyl (C=O) groups excluding carboxylic acids is 1. The smallest absolute Gasteiger partial charge is 0.311 e. The molecule has 1 rings (SSSR count). The topological polar surface area (TPSA) is 83.6 Å². The van der Waals surface area contributed by atoms with Crippen LogP contribution in [0.25, 0.3) is 0 Å². The second-order valence-corrected chi connectivity index (χ2v) is 4.77. The number of hydrogen-bond acceptors (Lipinski definition) is 3. The van der Waals surface area contributed by atoms with Gasteiger partial charge in [-0.2, -0.15) is 0 Å². The summed E-state index contributed by atoms with van der Waals surface area (Å²) >= 11 is 0. The van der Waals surface area contributed by atoms with E-state index in [0.717, 1.165) is 6.42 Å². The standard InChI is InChI=1S/C11H20N2O3/c1-3-4-8(12)9(14)13-6-5-11(2,7-13)10(15)16/h8H,3-7,12H2,1-2H3,(H,15,16)/t8-,11?/m0/s1. The second kappa shape index (κ2) is 4.82. The van der Waals surface area contributed by atoms with Gasteiger partial charge in [0.15, 0.2) is 0 Å². The van der Waals surface area contributed by atoms with Crippen LogP contribution in [0.4, 0.5) is 0 Å². The molecule has 0 aromatic carbocycles. The Balaban J connectivity index is 2.59. The van der Waals surface area contributed by atoms with Crippen LogP contribution < -0.4 is 5.73 Å². The maximum absolute atomic E-state index is 11.9. The Morgan fingerprint density at radius 3 is 2.62 bits per heavy atom. The van der Waals surface area contributed by atoms with Gasteiger partial charge in [-0.1, -0.05) is 13.3 Å². The SMILES string of the molecule is CCC[C@H](N)C(=O)N1CCC(C)(C(=O)O)C1. The summed E-state index contributed by atoms with van der Waals surface area (Å²) in [5.74, 6) is -0.960. The van der Waals surface area contributed by atoms with Crippen molar-refractivity contribution in [2.24, 2.45) is 11.1 Å². The number of nitrogens with two attached hydrogens (primary N) is 1.